The van der Waals surface area contributed by atoms with Gasteiger partial charge in [-0.1, -0.05) is 18.2 Å². The zero-order valence-electron chi connectivity index (χ0n) is 11.3. The van der Waals surface area contributed by atoms with Crippen molar-refractivity contribution in [2.75, 3.05) is 7.11 Å². The number of halogens is 1. The summed E-state index contributed by atoms with van der Waals surface area (Å²) in [6, 6.07) is 6.33. The van der Waals surface area contributed by atoms with Crippen LogP contribution in [0.2, 0.25) is 0 Å². The molecule has 1 unspecified atom stereocenters. The predicted molar refractivity (Wildman–Crippen MR) is 72.7 cm³/mol. The monoisotopic (exact) mass is 260 g/mol. The number of rotatable bonds is 3. The van der Waals surface area contributed by atoms with Gasteiger partial charge < -0.3 is 10.5 Å². The van der Waals surface area contributed by atoms with Crippen molar-refractivity contribution in [3.8, 4) is 5.75 Å². The molecule has 19 heavy (non-hydrogen) atoms. The molecule has 0 fully saturated rings. The van der Waals surface area contributed by atoms with Crippen molar-refractivity contribution in [2.24, 2.45) is 5.73 Å². The average molecular weight is 260 g/mol. The second kappa shape index (κ2) is 5.36. The lowest BCUT2D eigenvalue weighted by Gasteiger charge is -2.16. The van der Waals surface area contributed by atoms with Crippen LogP contribution in [0.1, 0.15) is 28.4 Å². The van der Waals surface area contributed by atoms with Crippen molar-refractivity contribution < 1.29 is 9.13 Å². The molecule has 0 aliphatic rings. The predicted octanol–water partition coefficient (Wildman–Crippen LogP) is 2.89. The highest BCUT2D eigenvalue weighted by Crippen LogP contribution is 2.28. The van der Waals surface area contributed by atoms with E-state index in [4.69, 9.17) is 10.5 Å². The first-order valence-electron chi connectivity index (χ1n) is 6.05. The molecule has 2 N–H and O–H groups in total. The van der Waals surface area contributed by atoms with Gasteiger partial charge in [0.15, 0.2) is 11.6 Å². The molecule has 0 saturated heterocycles. The van der Waals surface area contributed by atoms with Crippen molar-refractivity contribution in [1.29, 1.82) is 0 Å². The summed E-state index contributed by atoms with van der Waals surface area (Å²) in [5.41, 5.74) is 9.21. The highest BCUT2D eigenvalue weighted by atomic mass is 19.1. The van der Waals surface area contributed by atoms with Crippen LogP contribution in [0.15, 0.2) is 30.5 Å². The summed E-state index contributed by atoms with van der Waals surface area (Å²) in [5.74, 6) is -0.239. The number of aryl methyl sites for hydroxylation is 2. The molecule has 1 aromatic carbocycles. The van der Waals surface area contributed by atoms with Crippen molar-refractivity contribution in [3.63, 3.8) is 0 Å². The van der Waals surface area contributed by atoms with Gasteiger partial charge in [0, 0.05) is 11.8 Å². The molecule has 4 heteroatoms. The maximum Gasteiger partial charge on any atom is 0.170 e. The first-order chi connectivity index (χ1) is 9.04. The molecule has 0 saturated carbocycles. The van der Waals surface area contributed by atoms with Crippen LogP contribution in [0.5, 0.6) is 5.75 Å². The third-order valence-electron chi connectivity index (χ3n) is 3.10. The number of nitrogens with zero attached hydrogens (tertiary/aromatic N) is 1. The van der Waals surface area contributed by atoms with Crippen LogP contribution in [0, 0.1) is 19.7 Å². The molecule has 1 heterocycles. The van der Waals surface area contributed by atoms with E-state index in [-0.39, 0.29) is 5.75 Å². The quantitative estimate of drug-likeness (QED) is 0.923. The fourth-order valence-corrected chi connectivity index (χ4v) is 2.12. The van der Waals surface area contributed by atoms with Crippen LogP contribution in [-0.2, 0) is 0 Å². The van der Waals surface area contributed by atoms with Crippen LogP contribution in [-0.4, -0.2) is 12.1 Å². The number of nitrogens with two attached hydrogens (primary N) is 1. The van der Waals surface area contributed by atoms with E-state index in [0.29, 0.717) is 11.3 Å². The number of methoxy groups -OCH3 is 1. The molecule has 0 bridgehead atoms. The van der Waals surface area contributed by atoms with Crippen LogP contribution >= 0.6 is 0 Å². The molecule has 3 nitrogen and oxygen atoms in total. The lowest BCUT2D eigenvalue weighted by atomic mass is 9.99. The first-order valence-corrected chi connectivity index (χ1v) is 6.05. The lowest BCUT2D eigenvalue weighted by Crippen LogP contribution is -2.17. The Kier molecular flexibility index (Phi) is 3.81. The van der Waals surface area contributed by atoms with E-state index in [0.717, 1.165) is 11.1 Å². The van der Waals surface area contributed by atoms with Crippen molar-refractivity contribution in [1.82, 2.24) is 4.98 Å². The Morgan fingerprint density at radius 2 is 2.05 bits per heavy atom. The summed E-state index contributed by atoms with van der Waals surface area (Å²) in [7, 11) is 1.43. The van der Waals surface area contributed by atoms with E-state index < -0.39 is 11.9 Å². The molecule has 0 aliphatic carbocycles. The zero-order chi connectivity index (χ0) is 14.0. The number of aromatic nitrogens is 1. The largest absolute Gasteiger partial charge is 0.494 e. The minimum atomic E-state index is -0.601. The Bertz CT molecular complexity index is 599. The van der Waals surface area contributed by atoms with Crippen LogP contribution in [0.25, 0.3) is 0 Å². The molecule has 1 aromatic heterocycles. The summed E-state index contributed by atoms with van der Waals surface area (Å²) in [6.07, 6.45) is 1.74. The number of benzene rings is 1. The van der Waals surface area contributed by atoms with E-state index in [1.807, 2.05) is 19.9 Å². The molecular formula is C15H17FN2O. The van der Waals surface area contributed by atoms with Crippen molar-refractivity contribution in [2.45, 2.75) is 19.9 Å². The van der Waals surface area contributed by atoms with Gasteiger partial charge in [0.25, 0.3) is 0 Å². The van der Waals surface area contributed by atoms with E-state index in [1.54, 1.807) is 24.4 Å². The second-order valence-electron chi connectivity index (χ2n) is 4.56. The van der Waals surface area contributed by atoms with Crippen LogP contribution < -0.4 is 10.5 Å². The first kappa shape index (κ1) is 13.5. The second-order valence-corrected chi connectivity index (χ2v) is 4.56. The molecule has 0 aliphatic heterocycles. The van der Waals surface area contributed by atoms with Gasteiger partial charge in [-0.2, -0.15) is 0 Å². The fourth-order valence-electron chi connectivity index (χ4n) is 2.12. The smallest absolute Gasteiger partial charge is 0.170 e. The van der Waals surface area contributed by atoms with E-state index in [1.165, 1.54) is 7.11 Å². The maximum atomic E-state index is 14.2. The highest BCUT2D eigenvalue weighted by molar-refractivity contribution is 5.38. The van der Waals surface area contributed by atoms with Gasteiger partial charge in [0.2, 0.25) is 0 Å². The molecule has 1 atom stereocenters. The Labute approximate surface area is 112 Å². The van der Waals surface area contributed by atoms with Gasteiger partial charge in [-0.25, -0.2) is 4.39 Å². The number of hydrogen-bond acceptors (Lipinski definition) is 3. The molecule has 2 aromatic rings. The Hall–Kier alpha value is -1.94. The molecule has 2 rings (SSSR count). The number of pyridine rings is 1. The van der Waals surface area contributed by atoms with E-state index in [2.05, 4.69) is 4.98 Å². The van der Waals surface area contributed by atoms with Gasteiger partial charge in [-0.15, -0.1) is 0 Å². The van der Waals surface area contributed by atoms with Gasteiger partial charge in [-0.3, -0.25) is 4.98 Å². The molecular weight excluding hydrogens is 243 g/mol. The van der Waals surface area contributed by atoms with Gasteiger partial charge in [0.05, 0.1) is 18.8 Å². The van der Waals surface area contributed by atoms with Gasteiger partial charge in [-0.05, 0) is 31.0 Å². The standard InChI is InChI=1S/C15H17FN2O/c1-9-7-10(2)15(18-8-9)14(17)11-5-4-6-12(19-3)13(11)16/h4-8,14H,17H2,1-3H3. The SMILES string of the molecule is COc1cccc(C(N)c2ncc(C)cc2C)c1F. The van der Waals surface area contributed by atoms with E-state index in [9.17, 15) is 4.39 Å². The number of hydrogen-bond donors (Lipinski definition) is 1. The molecule has 0 amide bonds. The topological polar surface area (TPSA) is 48.1 Å². The van der Waals surface area contributed by atoms with Crippen molar-refractivity contribution >= 4 is 0 Å². The summed E-state index contributed by atoms with van der Waals surface area (Å²) in [5, 5.41) is 0. The summed E-state index contributed by atoms with van der Waals surface area (Å²) in [4.78, 5) is 4.32. The minimum absolute atomic E-state index is 0.192. The normalized spacial score (nSPS) is 12.3. The minimum Gasteiger partial charge on any atom is -0.494 e. The molecule has 100 valence electrons. The van der Waals surface area contributed by atoms with Crippen LogP contribution in [0.3, 0.4) is 0 Å². The third-order valence-corrected chi connectivity index (χ3v) is 3.10. The zero-order valence-corrected chi connectivity index (χ0v) is 11.3. The molecule has 0 radical (unpaired) electrons. The summed E-state index contributed by atoms with van der Waals surface area (Å²) >= 11 is 0. The highest BCUT2D eigenvalue weighted by Gasteiger charge is 2.19. The van der Waals surface area contributed by atoms with Crippen molar-refractivity contribution in [3.05, 3.63) is 58.7 Å². The number of ether oxygens (including phenoxy) is 1. The summed E-state index contributed by atoms with van der Waals surface area (Å²) < 4.78 is 19.2. The Morgan fingerprint density at radius 1 is 1.32 bits per heavy atom. The van der Waals surface area contributed by atoms with Crippen LogP contribution in [0.4, 0.5) is 4.39 Å². The third kappa shape index (κ3) is 2.58. The Balaban J connectivity index is 2.47. The average Bonchev–Trinajstić information content (AvgIpc) is 2.38. The molecule has 0 spiro atoms. The Morgan fingerprint density at radius 3 is 2.68 bits per heavy atom. The maximum absolute atomic E-state index is 14.2. The lowest BCUT2D eigenvalue weighted by molar-refractivity contribution is 0.383. The van der Waals surface area contributed by atoms with Gasteiger partial charge in [0.1, 0.15) is 0 Å². The fraction of sp³-hybridized carbons (Fsp3) is 0.267. The van der Waals surface area contributed by atoms with Gasteiger partial charge >= 0.3 is 0 Å². The summed E-state index contributed by atoms with van der Waals surface area (Å²) in [6.45, 7) is 3.88. The van der Waals surface area contributed by atoms with E-state index >= 15 is 0 Å².